The summed E-state index contributed by atoms with van der Waals surface area (Å²) in [6.45, 7) is 2.46. The molecule has 1 aliphatic carbocycles. The second kappa shape index (κ2) is 7.67. The van der Waals surface area contributed by atoms with Gasteiger partial charge in [-0.05, 0) is 51.2 Å². The molecule has 1 atom stereocenters. The zero-order chi connectivity index (χ0) is 16.9. The lowest BCUT2D eigenvalue weighted by Crippen LogP contribution is -2.24. The number of fused-ring (bicyclic) bond motifs is 1. The lowest BCUT2D eigenvalue weighted by molar-refractivity contribution is 0.569. The molecule has 0 bridgehead atoms. The van der Waals surface area contributed by atoms with Gasteiger partial charge < -0.3 is 0 Å². The summed E-state index contributed by atoms with van der Waals surface area (Å²) in [5, 5.41) is 10.2. The van der Waals surface area contributed by atoms with Crippen LogP contribution < -0.4 is 5.56 Å². The molecule has 0 radical (unpaired) electrons. The highest BCUT2D eigenvalue weighted by atomic mass is 32.2. The van der Waals surface area contributed by atoms with E-state index in [2.05, 4.69) is 17.1 Å². The van der Waals surface area contributed by atoms with Crippen LogP contribution in [0.4, 0.5) is 0 Å². The monoisotopic (exact) mass is 339 g/mol. The van der Waals surface area contributed by atoms with Crippen LogP contribution in [0, 0.1) is 11.3 Å². The van der Waals surface area contributed by atoms with Crippen LogP contribution >= 0.6 is 11.8 Å². The van der Waals surface area contributed by atoms with Gasteiger partial charge in [0.25, 0.3) is 5.56 Å². The first-order valence-electron chi connectivity index (χ1n) is 8.43. The molecular formula is C19H21N3OS. The van der Waals surface area contributed by atoms with E-state index in [9.17, 15) is 4.79 Å². The first kappa shape index (κ1) is 16.8. The standard InChI is InChI=1S/C19H21N3OS/c1-14(13-20)24-19-21-17-10-6-5-9-16(17)18(23)22(19)12-11-15-7-3-2-4-8-15/h5-7,9-10,14H,2-4,8,11-12H2,1H3/t14-/m0/s1. The Balaban J connectivity index is 1.97. The molecule has 0 N–H and O–H groups in total. The maximum absolute atomic E-state index is 12.9. The predicted molar refractivity (Wildman–Crippen MR) is 98.1 cm³/mol. The van der Waals surface area contributed by atoms with Crippen molar-refractivity contribution in [3.63, 3.8) is 0 Å². The first-order chi connectivity index (χ1) is 11.7. The molecule has 5 heteroatoms. The molecule has 1 heterocycles. The fraction of sp³-hybridized carbons (Fsp3) is 0.421. The number of nitriles is 1. The van der Waals surface area contributed by atoms with Crippen molar-refractivity contribution in [3.05, 3.63) is 46.3 Å². The summed E-state index contributed by atoms with van der Waals surface area (Å²) < 4.78 is 1.75. The Morgan fingerprint density at radius 2 is 2.21 bits per heavy atom. The second-order valence-corrected chi connectivity index (χ2v) is 7.42. The van der Waals surface area contributed by atoms with Crippen molar-refractivity contribution in [3.8, 4) is 6.07 Å². The van der Waals surface area contributed by atoms with Gasteiger partial charge in [0.05, 0.1) is 22.2 Å². The number of para-hydroxylation sites is 1. The third-order valence-corrected chi connectivity index (χ3v) is 5.31. The van der Waals surface area contributed by atoms with Crippen molar-refractivity contribution in [1.29, 1.82) is 5.26 Å². The van der Waals surface area contributed by atoms with E-state index >= 15 is 0 Å². The van der Waals surface area contributed by atoms with Crippen LogP contribution in [0.3, 0.4) is 0 Å². The van der Waals surface area contributed by atoms with Crippen molar-refractivity contribution >= 4 is 22.7 Å². The smallest absolute Gasteiger partial charge is 0.262 e. The van der Waals surface area contributed by atoms with Gasteiger partial charge in [-0.15, -0.1) is 0 Å². The maximum atomic E-state index is 12.9. The molecule has 0 aliphatic heterocycles. The Bertz CT molecular complexity index is 863. The molecule has 1 aromatic carbocycles. The molecule has 24 heavy (non-hydrogen) atoms. The highest BCUT2D eigenvalue weighted by molar-refractivity contribution is 8.00. The first-order valence-corrected chi connectivity index (χ1v) is 9.31. The van der Waals surface area contributed by atoms with Gasteiger partial charge >= 0.3 is 0 Å². The van der Waals surface area contributed by atoms with Gasteiger partial charge in [-0.3, -0.25) is 9.36 Å². The normalized spacial score (nSPS) is 15.8. The molecule has 3 rings (SSSR count). The van der Waals surface area contributed by atoms with E-state index in [1.807, 2.05) is 31.2 Å². The van der Waals surface area contributed by atoms with E-state index in [0.29, 0.717) is 22.6 Å². The minimum absolute atomic E-state index is 0.00958. The van der Waals surface area contributed by atoms with Gasteiger partial charge in [-0.25, -0.2) is 4.98 Å². The zero-order valence-electron chi connectivity index (χ0n) is 13.9. The third-order valence-electron chi connectivity index (χ3n) is 4.33. The molecule has 1 aromatic heterocycles. The molecule has 0 fully saturated rings. The molecule has 0 saturated carbocycles. The van der Waals surface area contributed by atoms with Crippen molar-refractivity contribution in [2.45, 2.75) is 56.0 Å². The van der Waals surface area contributed by atoms with E-state index in [0.717, 1.165) is 19.3 Å². The third kappa shape index (κ3) is 3.70. The molecule has 0 spiro atoms. The highest BCUT2D eigenvalue weighted by Gasteiger charge is 2.15. The Kier molecular flexibility index (Phi) is 5.37. The van der Waals surface area contributed by atoms with Crippen LogP contribution in [0.15, 0.2) is 45.9 Å². The number of hydrogen-bond donors (Lipinski definition) is 0. The summed E-state index contributed by atoms with van der Waals surface area (Å²) in [6.07, 6.45) is 7.98. The zero-order valence-corrected chi connectivity index (χ0v) is 14.7. The molecule has 2 aromatic rings. The number of thioether (sulfide) groups is 1. The Morgan fingerprint density at radius 1 is 1.38 bits per heavy atom. The minimum Gasteiger partial charge on any atom is -0.287 e. The predicted octanol–water partition coefficient (Wildman–Crippen LogP) is 4.29. The molecule has 0 unspecified atom stereocenters. The second-order valence-electron chi connectivity index (χ2n) is 6.12. The molecule has 0 amide bonds. The summed E-state index contributed by atoms with van der Waals surface area (Å²) in [7, 11) is 0. The average Bonchev–Trinajstić information content (AvgIpc) is 2.62. The van der Waals surface area contributed by atoms with Gasteiger partial charge in [-0.2, -0.15) is 5.26 Å². The van der Waals surface area contributed by atoms with Crippen LogP contribution in [0.5, 0.6) is 0 Å². The van der Waals surface area contributed by atoms with Crippen LogP contribution in [-0.4, -0.2) is 14.8 Å². The average molecular weight is 339 g/mol. The van der Waals surface area contributed by atoms with Gasteiger partial charge in [0.1, 0.15) is 0 Å². The van der Waals surface area contributed by atoms with Crippen molar-refractivity contribution in [2.24, 2.45) is 0 Å². The van der Waals surface area contributed by atoms with Gasteiger partial charge in [0.2, 0.25) is 0 Å². The number of hydrogen-bond acceptors (Lipinski definition) is 4. The van der Waals surface area contributed by atoms with Crippen molar-refractivity contribution in [2.75, 3.05) is 0 Å². The van der Waals surface area contributed by atoms with E-state index in [1.54, 1.807) is 4.57 Å². The van der Waals surface area contributed by atoms with Gasteiger partial charge in [0.15, 0.2) is 5.16 Å². The number of aromatic nitrogens is 2. The van der Waals surface area contributed by atoms with Crippen molar-refractivity contribution < 1.29 is 0 Å². The number of benzene rings is 1. The summed E-state index contributed by atoms with van der Waals surface area (Å²) >= 11 is 1.36. The van der Waals surface area contributed by atoms with E-state index < -0.39 is 0 Å². The van der Waals surface area contributed by atoms with E-state index in [-0.39, 0.29) is 10.8 Å². The number of allylic oxidation sites excluding steroid dienone is 2. The van der Waals surface area contributed by atoms with Crippen LogP contribution in [0.25, 0.3) is 10.9 Å². The van der Waals surface area contributed by atoms with Gasteiger partial charge in [0, 0.05) is 6.54 Å². The molecule has 124 valence electrons. The van der Waals surface area contributed by atoms with Gasteiger partial charge in [-0.1, -0.05) is 35.5 Å². The fourth-order valence-corrected chi connectivity index (χ4v) is 3.83. The summed E-state index contributed by atoms with van der Waals surface area (Å²) in [6, 6.07) is 9.63. The number of rotatable bonds is 5. The van der Waals surface area contributed by atoms with E-state index in [4.69, 9.17) is 5.26 Å². The largest absolute Gasteiger partial charge is 0.287 e. The summed E-state index contributed by atoms with van der Waals surface area (Å²) in [5.74, 6) is 0. The highest BCUT2D eigenvalue weighted by Crippen LogP contribution is 2.24. The van der Waals surface area contributed by atoms with Crippen LogP contribution in [0.1, 0.15) is 39.0 Å². The molecule has 1 aliphatic rings. The Labute approximate surface area is 146 Å². The quantitative estimate of drug-likeness (QED) is 0.463. The molecule has 4 nitrogen and oxygen atoms in total. The Hall–Kier alpha value is -2.06. The maximum Gasteiger partial charge on any atom is 0.262 e. The minimum atomic E-state index is -0.238. The lowest BCUT2D eigenvalue weighted by atomic mass is 9.97. The van der Waals surface area contributed by atoms with Crippen molar-refractivity contribution in [1.82, 2.24) is 9.55 Å². The van der Waals surface area contributed by atoms with Crippen LogP contribution in [0.2, 0.25) is 0 Å². The topological polar surface area (TPSA) is 58.7 Å². The summed E-state index contributed by atoms with van der Waals surface area (Å²) in [4.78, 5) is 17.5. The molecular weight excluding hydrogens is 318 g/mol. The summed E-state index contributed by atoms with van der Waals surface area (Å²) in [5.41, 5.74) is 2.12. The lowest BCUT2D eigenvalue weighted by Gasteiger charge is -2.16. The molecule has 0 saturated heterocycles. The number of nitrogens with zero attached hydrogens (tertiary/aromatic N) is 3. The SMILES string of the molecule is C[C@@H](C#N)Sc1nc2ccccc2c(=O)n1CCC1=CCCCC1. The fourth-order valence-electron chi connectivity index (χ4n) is 3.01. The van der Waals surface area contributed by atoms with E-state index in [1.165, 1.54) is 30.2 Å². The van der Waals surface area contributed by atoms with Crippen LogP contribution in [-0.2, 0) is 6.54 Å². The Morgan fingerprint density at radius 3 is 2.96 bits per heavy atom.